The number of aliphatic hydroxyl groups is 1. The summed E-state index contributed by atoms with van der Waals surface area (Å²) in [5, 5.41) is 10.8. The largest absolute Gasteiger partial charge is 0.390 e. The van der Waals surface area contributed by atoms with E-state index in [4.69, 9.17) is 4.74 Å². The highest BCUT2D eigenvalue weighted by molar-refractivity contribution is 8.00. The van der Waals surface area contributed by atoms with Gasteiger partial charge in [0.05, 0.1) is 18.3 Å². The van der Waals surface area contributed by atoms with Crippen LogP contribution < -0.4 is 0 Å². The number of thioether (sulfide) groups is 1. The monoisotopic (exact) mass is 172 g/mol. The molecule has 2 nitrogen and oxygen atoms in total. The molecule has 0 aliphatic carbocycles. The molecule has 5 saturated heterocycles. The van der Waals surface area contributed by atoms with Gasteiger partial charge in [0, 0.05) is 10.5 Å². The van der Waals surface area contributed by atoms with Crippen LogP contribution in [0.4, 0.5) is 0 Å². The molecule has 0 saturated carbocycles. The SMILES string of the molecule is O[C@H]1CC2SC3CCC2OC31. The first-order valence-electron chi connectivity index (χ1n) is 4.33. The van der Waals surface area contributed by atoms with Crippen molar-refractivity contribution in [3.63, 3.8) is 0 Å². The summed E-state index contributed by atoms with van der Waals surface area (Å²) < 4.78 is 5.73. The lowest BCUT2D eigenvalue weighted by molar-refractivity contribution is -0.144. The number of fused-ring (bicyclic) bond motifs is 2. The van der Waals surface area contributed by atoms with E-state index >= 15 is 0 Å². The zero-order valence-corrected chi connectivity index (χ0v) is 7.09. The third-order valence-corrected chi connectivity index (χ3v) is 4.75. The van der Waals surface area contributed by atoms with Crippen LogP contribution in [-0.4, -0.2) is 33.9 Å². The highest BCUT2D eigenvalue weighted by atomic mass is 32.2. The second-order valence-electron chi connectivity index (χ2n) is 3.73. The summed E-state index contributed by atoms with van der Waals surface area (Å²) in [6.45, 7) is 0. The van der Waals surface area contributed by atoms with E-state index in [9.17, 15) is 5.11 Å². The summed E-state index contributed by atoms with van der Waals surface area (Å²) in [5.41, 5.74) is 0. The molecule has 5 aliphatic heterocycles. The maximum Gasteiger partial charge on any atom is 0.0956 e. The minimum atomic E-state index is -0.164. The van der Waals surface area contributed by atoms with Gasteiger partial charge < -0.3 is 9.84 Å². The van der Waals surface area contributed by atoms with Gasteiger partial charge in [-0.2, -0.15) is 0 Å². The van der Waals surface area contributed by atoms with Gasteiger partial charge in [-0.3, -0.25) is 0 Å². The van der Waals surface area contributed by atoms with Gasteiger partial charge in [-0.1, -0.05) is 0 Å². The molecule has 0 radical (unpaired) electrons. The fourth-order valence-corrected chi connectivity index (χ4v) is 4.30. The average Bonchev–Trinajstić information content (AvgIpc) is 2.05. The van der Waals surface area contributed by atoms with E-state index < -0.39 is 0 Å². The quantitative estimate of drug-likeness (QED) is 0.585. The molecule has 5 aliphatic rings. The van der Waals surface area contributed by atoms with Crippen LogP contribution in [0.1, 0.15) is 19.3 Å². The van der Waals surface area contributed by atoms with Crippen molar-refractivity contribution in [2.75, 3.05) is 0 Å². The van der Waals surface area contributed by atoms with E-state index in [0.717, 1.165) is 6.42 Å². The highest BCUT2D eigenvalue weighted by Gasteiger charge is 2.51. The average molecular weight is 172 g/mol. The van der Waals surface area contributed by atoms with Gasteiger partial charge in [0.1, 0.15) is 0 Å². The molecule has 5 rings (SSSR count). The van der Waals surface area contributed by atoms with Crippen LogP contribution in [0.5, 0.6) is 0 Å². The van der Waals surface area contributed by atoms with Crippen molar-refractivity contribution in [2.45, 2.75) is 48.1 Å². The number of hydrogen-bond acceptors (Lipinski definition) is 3. The molecule has 5 heterocycles. The molecule has 5 fully saturated rings. The number of ether oxygens (including phenoxy) is 1. The Hall–Kier alpha value is 0.270. The minimum absolute atomic E-state index is 0.164. The Bertz CT molecular complexity index is 183. The Balaban J connectivity index is 1.93. The van der Waals surface area contributed by atoms with Crippen molar-refractivity contribution in [1.29, 1.82) is 0 Å². The van der Waals surface area contributed by atoms with Crippen LogP contribution in [0.3, 0.4) is 0 Å². The molecule has 4 unspecified atom stereocenters. The lowest BCUT2D eigenvalue weighted by Gasteiger charge is -2.53. The third-order valence-electron chi connectivity index (χ3n) is 3.05. The summed E-state index contributed by atoms with van der Waals surface area (Å²) in [5.74, 6) is 0. The zero-order valence-electron chi connectivity index (χ0n) is 6.27. The molecule has 5 atom stereocenters. The number of aliphatic hydroxyl groups excluding tert-OH is 1. The highest BCUT2D eigenvalue weighted by Crippen LogP contribution is 2.49. The fraction of sp³-hybridized carbons (Fsp3) is 1.00. The van der Waals surface area contributed by atoms with Crippen LogP contribution in [0, 0.1) is 0 Å². The van der Waals surface area contributed by atoms with Gasteiger partial charge >= 0.3 is 0 Å². The molecular formula is C8H12O2S. The fourth-order valence-electron chi connectivity index (χ4n) is 2.50. The van der Waals surface area contributed by atoms with Gasteiger partial charge in [-0.05, 0) is 19.3 Å². The zero-order chi connectivity index (χ0) is 7.42. The van der Waals surface area contributed by atoms with Crippen molar-refractivity contribution in [3.05, 3.63) is 0 Å². The van der Waals surface area contributed by atoms with Crippen molar-refractivity contribution in [3.8, 4) is 0 Å². The Kier molecular flexibility index (Phi) is 1.32. The molecule has 0 aromatic heterocycles. The molecule has 11 heavy (non-hydrogen) atoms. The normalized spacial score (nSPS) is 60.3. The molecule has 0 spiro atoms. The topological polar surface area (TPSA) is 29.5 Å². The van der Waals surface area contributed by atoms with Crippen molar-refractivity contribution >= 4 is 11.8 Å². The van der Waals surface area contributed by atoms with Crippen LogP contribution in [0.25, 0.3) is 0 Å². The Morgan fingerprint density at radius 1 is 1.27 bits per heavy atom. The van der Waals surface area contributed by atoms with Gasteiger partial charge in [0.15, 0.2) is 0 Å². The summed E-state index contributed by atoms with van der Waals surface area (Å²) in [6.07, 6.45) is 3.93. The van der Waals surface area contributed by atoms with E-state index in [1.54, 1.807) is 0 Å². The summed E-state index contributed by atoms with van der Waals surface area (Å²) in [4.78, 5) is 0. The summed E-state index contributed by atoms with van der Waals surface area (Å²) in [6, 6.07) is 0. The molecule has 0 amide bonds. The molecule has 1 N–H and O–H groups in total. The first kappa shape index (κ1) is 6.75. The molecule has 3 heteroatoms. The lowest BCUT2D eigenvalue weighted by Crippen LogP contribution is -2.59. The molecule has 0 aromatic carbocycles. The number of hydrogen-bond donors (Lipinski definition) is 1. The van der Waals surface area contributed by atoms with Crippen molar-refractivity contribution in [2.24, 2.45) is 0 Å². The summed E-state index contributed by atoms with van der Waals surface area (Å²) >= 11 is 2.05. The molecule has 0 aromatic rings. The van der Waals surface area contributed by atoms with E-state index in [2.05, 4.69) is 0 Å². The first-order chi connectivity index (χ1) is 5.34. The van der Waals surface area contributed by atoms with Crippen molar-refractivity contribution in [1.82, 2.24) is 0 Å². The molecular weight excluding hydrogens is 160 g/mol. The maximum atomic E-state index is 9.58. The van der Waals surface area contributed by atoms with E-state index in [-0.39, 0.29) is 12.2 Å². The lowest BCUT2D eigenvalue weighted by atomic mass is 9.88. The van der Waals surface area contributed by atoms with Gasteiger partial charge in [-0.25, -0.2) is 0 Å². The van der Waals surface area contributed by atoms with Gasteiger partial charge in [-0.15, -0.1) is 11.8 Å². The minimum Gasteiger partial charge on any atom is -0.390 e. The van der Waals surface area contributed by atoms with Crippen LogP contribution in [0.15, 0.2) is 0 Å². The third kappa shape index (κ3) is 0.820. The molecule has 4 bridgehead atoms. The second-order valence-corrected chi connectivity index (χ2v) is 5.22. The Labute approximate surface area is 70.3 Å². The number of rotatable bonds is 0. The van der Waals surface area contributed by atoms with E-state index in [1.165, 1.54) is 12.8 Å². The molecule has 62 valence electrons. The van der Waals surface area contributed by atoms with Gasteiger partial charge in [0.25, 0.3) is 0 Å². The van der Waals surface area contributed by atoms with Crippen LogP contribution in [0.2, 0.25) is 0 Å². The smallest absolute Gasteiger partial charge is 0.0956 e. The first-order valence-corrected chi connectivity index (χ1v) is 5.28. The second kappa shape index (κ2) is 2.15. The van der Waals surface area contributed by atoms with Crippen LogP contribution in [-0.2, 0) is 4.74 Å². The Morgan fingerprint density at radius 3 is 2.73 bits per heavy atom. The maximum absolute atomic E-state index is 9.58. The standard InChI is InChI=1S/C8H12O2S/c9-4-3-7-5-1-2-6(11-7)8(4)10-5/h4-9H,1-3H2/t4-,5?,6?,7?,8?/m0/s1. The van der Waals surface area contributed by atoms with Gasteiger partial charge in [0.2, 0.25) is 0 Å². The van der Waals surface area contributed by atoms with Crippen LogP contribution >= 0.6 is 11.8 Å². The predicted molar refractivity (Wildman–Crippen MR) is 43.7 cm³/mol. The van der Waals surface area contributed by atoms with E-state index in [1.807, 2.05) is 11.8 Å². The predicted octanol–water partition coefficient (Wildman–Crippen LogP) is 0.783. The summed E-state index contributed by atoms with van der Waals surface area (Å²) in [7, 11) is 0. The Morgan fingerprint density at radius 2 is 2.18 bits per heavy atom. The van der Waals surface area contributed by atoms with Crippen molar-refractivity contribution < 1.29 is 9.84 Å². The van der Waals surface area contributed by atoms with E-state index in [0.29, 0.717) is 16.6 Å².